The summed E-state index contributed by atoms with van der Waals surface area (Å²) < 4.78 is 33.2. The highest BCUT2D eigenvalue weighted by molar-refractivity contribution is 5.98. The first-order valence-corrected chi connectivity index (χ1v) is 7.08. The maximum absolute atomic E-state index is 14.0. The Balaban J connectivity index is 2.82. The van der Waals surface area contributed by atoms with E-state index in [9.17, 15) is 14.0 Å². The fourth-order valence-corrected chi connectivity index (χ4v) is 1.67. The normalized spacial score (nSPS) is 10.9. The molecular weight excluding hydrogens is 321 g/mol. The van der Waals surface area contributed by atoms with E-state index in [2.05, 4.69) is 14.8 Å². The van der Waals surface area contributed by atoms with E-state index in [1.807, 2.05) is 0 Å². The molecule has 1 N–H and O–H groups in total. The van der Waals surface area contributed by atoms with Gasteiger partial charge < -0.3 is 24.3 Å². The van der Waals surface area contributed by atoms with E-state index >= 15 is 0 Å². The van der Waals surface area contributed by atoms with Gasteiger partial charge in [-0.1, -0.05) is 0 Å². The lowest BCUT2D eigenvalue weighted by Gasteiger charge is -2.11. The molecule has 0 amide bonds. The van der Waals surface area contributed by atoms with Gasteiger partial charge in [-0.05, 0) is 12.1 Å². The number of rotatable bonds is 9. The van der Waals surface area contributed by atoms with Crippen LogP contribution in [0.1, 0.15) is 6.42 Å². The molecule has 1 aromatic rings. The zero-order valence-corrected chi connectivity index (χ0v) is 13.8. The van der Waals surface area contributed by atoms with Crippen LogP contribution in [-0.4, -0.2) is 46.5 Å². The molecule has 0 unspecified atom stereocenters. The lowest BCUT2D eigenvalue weighted by atomic mass is 10.2. The van der Waals surface area contributed by atoms with Crippen molar-refractivity contribution in [3.05, 3.63) is 35.8 Å². The third-order valence-electron chi connectivity index (χ3n) is 2.83. The Morgan fingerprint density at radius 3 is 2.50 bits per heavy atom. The topological polar surface area (TPSA) is 83.1 Å². The van der Waals surface area contributed by atoms with Gasteiger partial charge >= 0.3 is 11.9 Å². The van der Waals surface area contributed by atoms with Crippen molar-refractivity contribution in [2.24, 2.45) is 0 Å². The molecule has 132 valence electrons. The van der Waals surface area contributed by atoms with E-state index in [1.54, 1.807) is 7.11 Å². The van der Waals surface area contributed by atoms with Crippen molar-refractivity contribution in [3.8, 4) is 5.75 Å². The third kappa shape index (κ3) is 6.25. The van der Waals surface area contributed by atoms with Crippen molar-refractivity contribution in [1.82, 2.24) is 0 Å². The van der Waals surface area contributed by atoms with Crippen LogP contribution in [0.3, 0.4) is 0 Å². The molecule has 0 saturated carbocycles. The van der Waals surface area contributed by atoms with Crippen LogP contribution in [0.4, 0.5) is 10.1 Å². The molecule has 7 nitrogen and oxygen atoms in total. The SMILES string of the molecule is COCCCOc1ccc(N/C(=C/C(=O)OC)C(=O)OC)cc1F. The predicted molar refractivity (Wildman–Crippen MR) is 84.1 cm³/mol. The number of methoxy groups -OCH3 is 3. The van der Waals surface area contributed by atoms with Crippen LogP contribution < -0.4 is 10.1 Å². The van der Waals surface area contributed by atoms with Gasteiger partial charge in [-0.2, -0.15) is 0 Å². The highest BCUT2D eigenvalue weighted by Crippen LogP contribution is 2.22. The van der Waals surface area contributed by atoms with Gasteiger partial charge in [-0.3, -0.25) is 0 Å². The second-order valence-electron chi connectivity index (χ2n) is 4.54. The highest BCUT2D eigenvalue weighted by atomic mass is 19.1. The Labute approximate surface area is 139 Å². The molecule has 1 aromatic carbocycles. The quantitative estimate of drug-likeness (QED) is 0.417. The molecule has 0 saturated heterocycles. The number of esters is 2. The number of nitrogens with one attached hydrogen (secondary N) is 1. The fraction of sp³-hybridized carbons (Fsp3) is 0.375. The van der Waals surface area contributed by atoms with Gasteiger partial charge in [0.1, 0.15) is 5.70 Å². The van der Waals surface area contributed by atoms with Crippen molar-refractivity contribution in [1.29, 1.82) is 0 Å². The smallest absolute Gasteiger partial charge is 0.354 e. The molecule has 0 atom stereocenters. The molecule has 0 aliphatic heterocycles. The second kappa shape index (κ2) is 10.2. The molecule has 0 bridgehead atoms. The molecular formula is C16H20FNO6. The molecule has 0 radical (unpaired) electrons. The Hall–Kier alpha value is -2.61. The summed E-state index contributed by atoms with van der Waals surface area (Å²) in [5.74, 6) is -2.07. The Kier molecular flexibility index (Phi) is 8.28. The summed E-state index contributed by atoms with van der Waals surface area (Å²) in [5.41, 5.74) is 0.0646. The van der Waals surface area contributed by atoms with Crippen LogP contribution in [0.15, 0.2) is 30.0 Å². The van der Waals surface area contributed by atoms with Gasteiger partial charge in [0.15, 0.2) is 11.6 Å². The van der Waals surface area contributed by atoms with Crippen LogP contribution >= 0.6 is 0 Å². The number of halogens is 1. The van der Waals surface area contributed by atoms with Gasteiger partial charge in [0.05, 0.1) is 26.9 Å². The first-order chi connectivity index (χ1) is 11.5. The number of carbonyl (C=O) groups is 2. The van der Waals surface area contributed by atoms with E-state index in [4.69, 9.17) is 9.47 Å². The molecule has 0 aliphatic rings. The van der Waals surface area contributed by atoms with Gasteiger partial charge in [0, 0.05) is 31.9 Å². The minimum absolute atomic E-state index is 0.0771. The lowest BCUT2D eigenvalue weighted by Crippen LogP contribution is -2.15. The van der Waals surface area contributed by atoms with Crippen molar-refractivity contribution in [2.75, 3.05) is 39.9 Å². The zero-order chi connectivity index (χ0) is 17.9. The molecule has 1 rings (SSSR count). The number of benzene rings is 1. The van der Waals surface area contributed by atoms with Gasteiger partial charge in [-0.15, -0.1) is 0 Å². The molecule has 0 spiro atoms. The van der Waals surface area contributed by atoms with Crippen LogP contribution in [0.5, 0.6) is 5.75 Å². The monoisotopic (exact) mass is 341 g/mol. The molecule has 24 heavy (non-hydrogen) atoms. The van der Waals surface area contributed by atoms with Gasteiger partial charge in [0.2, 0.25) is 0 Å². The van der Waals surface area contributed by atoms with Crippen molar-refractivity contribution in [2.45, 2.75) is 6.42 Å². The summed E-state index contributed by atoms with van der Waals surface area (Å²) in [6.45, 7) is 0.829. The third-order valence-corrected chi connectivity index (χ3v) is 2.83. The zero-order valence-electron chi connectivity index (χ0n) is 13.8. The maximum atomic E-state index is 14.0. The standard InChI is InChI=1S/C16H20FNO6/c1-21-7-4-8-24-14-6-5-11(9-12(14)17)18-13(16(20)23-3)10-15(19)22-2/h5-6,9-10,18H,4,7-8H2,1-3H3/b13-10+. The number of anilines is 1. The van der Waals surface area contributed by atoms with Crippen LogP contribution in [0.25, 0.3) is 0 Å². The largest absolute Gasteiger partial charge is 0.490 e. The second-order valence-corrected chi connectivity index (χ2v) is 4.54. The van der Waals surface area contributed by atoms with Gasteiger partial charge in [-0.25, -0.2) is 14.0 Å². The summed E-state index contributed by atoms with van der Waals surface area (Å²) in [5, 5.41) is 2.61. The van der Waals surface area contributed by atoms with Crippen LogP contribution in [0.2, 0.25) is 0 Å². The summed E-state index contributed by atoms with van der Waals surface area (Å²) in [6.07, 6.45) is 1.54. The summed E-state index contributed by atoms with van der Waals surface area (Å²) in [4.78, 5) is 22.9. The number of hydrogen-bond acceptors (Lipinski definition) is 7. The minimum Gasteiger partial charge on any atom is -0.490 e. The lowest BCUT2D eigenvalue weighted by molar-refractivity contribution is -0.138. The van der Waals surface area contributed by atoms with E-state index in [-0.39, 0.29) is 17.1 Å². The molecule has 0 heterocycles. The molecule has 0 fully saturated rings. The summed E-state index contributed by atoms with van der Waals surface area (Å²) >= 11 is 0. The Morgan fingerprint density at radius 1 is 1.17 bits per heavy atom. The summed E-state index contributed by atoms with van der Waals surface area (Å²) in [6, 6.07) is 4.06. The molecule has 8 heteroatoms. The number of ether oxygens (including phenoxy) is 4. The fourth-order valence-electron chi connectivity index (χ4n) is 1.67. The molecule has 0 aromatic heterocycles. The number of carbonyl (C=O) groups excluding carboxylic acids is 2. The first kappa shape index (κ1) is 19.4. The molecule has 0 aliphatic carbocycles. The van der Waals surface area contributed by atoms with E-state index in [1.165, 1.54) is 19.2 Å². The Bertz CT molecular complexity index is 602. The number of hydrogen-bond donors (Lipinski definition) is 1. The Morgan fingerprint density at radius 2 is 1.92 bits per heavy atom. The van der Waals surface area contributed by atoms with Crippen molar-refractivity contribution < 1.29 is 32.9 Å². The maximum Gasteiger partial charge on any atom is 0.354 e. The van der Waals surface area contributed by atoms with E-state index in [0.717, 1.165) is 19.3 Å². The van der Waals surface area contributed by atoms with Crippen molar-refractivity contribution in [3.63, 3.8) is 0 Å². The van der Waals surface area contributed by atoms with Crippen LogP contribution in [-0.2, 0) is 23.8 Å². The highest BCUT2D eigenvalue weighted by Gasteiger charge is 2.14. The van der Waals surface area contributed by atoms with E-state index in [0.29, 0.717) is 19.6 Å². The average Bonchev–Trinajstić information content (AvgIpc) is 2.58. The van der Waals surface area contributed by atoms with Crippen molar-refractivity contribution >= 4 is 17.6 Å². The predicted octanol–water partition coefficient (Wildman–Crippen LogP) is 1.88. The van der Waals surface area contributed by atoms with Gasteiger partial charge in [0.25, 0.3) is 0 Å². The first-order valence-electron chi connectivity index (χ1n) is 7.08. The summed E-state index contributed by atoms with van der Waals surface area (Å²) in [7, 11) is 3.90. The van der Waals surface area contributed by atoms with Crippen LogP contribution in [0, 0.1) is 5.82 Å². The van der Waals surface area contributed by atoms with E-state index < -0.39 is 17.8 Å². The average molecular weight is 341 g/mol. The minimum atomic E-state index is -0.791.